The lowest BCUT2D eigenvalue weighted by Gasteiger charge is -2.47. The Labute approximate surface area is 214 Å². The minimum atomic E-state index is -0.814. The van der Waals surface area contributed by atoms with E-state index >= 15 is 0 Å². The molecule has 6 atom stereocenters. The minimum Gasteiger partial charge on any atom is -0.392 e. The molecule has 5 aliphatic rings. The molecule has 194 valence electrons. The Morgan fingerprint density at radius 1 is 0.882 bits per heavy atom. The number of aliphatic hydroxyl groups excluding tert-OH is 1. The van der Waals surface area contributed by atoms with Gasteiger partial charge in [0.1, 0.15) is 12.6 Å². The predicted molar refractivity (Wildman–Crippen MR) is 132 cm³/mol. The molecule has 5 heterocycles. The molecular weight excluding hydrogens is 500 g/mol. The van der Waals surface area contributed by atoms with Crippen molar-refractivity contribution in [3.05, 3.63) is 0 Å². The number of rotatable bonds is 7. The van der Waals surface area contributed by atoms with Crippen LogP contribution in [0.25, 0.3) is 0 Å². The number of thioether (sulfide) groups is 3. The molecule has 0 aliphatic carbocycles. The number of carbonyl (C=O) groups is 1. The average Bonchev–Trinajstić information content (AvgIpc) is 3.52. The second-order valence-corrected chi connectivity index (χ2v) is 12.9. The largest absolute Gasteiger partial charge is 0.392 e. The lowest BCUT2D eigenvalue weighted by molar-refractivity contribution is -0.235. The maximum Gasteiger partial charge on any atom is 0.175 e. The summed E-state index contributed by atoms with van der Waals surface area (Å²) < 4.78 is 35.9. The van der Waals surface area contributed by atoms with Crippen molar-refractivity contribution < 1.29 is 38.3 Å². The molecule has 0 aromatic heterocycles. The standard InChI is InChI=1S/C23H36O8S3/c1-26-14-27-21(18-13-33-9-3-23(18)30-6-7-31-23)16-11-34-10-15(19(16)24)20(25)17-12-32-8-2-22(17)28-4-5-29-22/h15-18,20-21,25H,2-14H2,1H3/t15-,16-,17+,18+,20-,21+/m1/s1. The highest BCUT2D eigenvalue weighted by atomic mass is 32.2. The fraction of sp³-hybridized carbons (Fsp3) is 0.957. The van der Waals surface area contributed by atoms with Crippen molar-refractivity contribution >= 4 is 41.1 Å². The van der Waals surface area contributed by atoms with Crippen molar-refractivity contribution in [1.82, 2.24) is 0 Å². The van der Waals surface area contributed by atoms with E-state index in [0.717, 1.165) is 35.9 Å². The third kappa shape index (κ3) is 4.96. The first-order valence-electron chi connectivity index (χ1n) is 12.2. The Morgan fingerprint density at radius 3 is 2.06 bits per heavy atom. The van der Waals surface area contributed by atoms with E-state index in [4.69, 9.17) is 28.4 Å². The van der Waals surface area contributed by atoms with E-state index in [1.807, 2.05) is 11.8 Å². The summed E-state index contributed by atoms with van der Waals surface area (Å²) in [7, 11) is 1.59. The van der Waals surface area contributed by atoms with E-state index in [1.165, 1.54) is 0 Å². The summed E-state index contributed by atoms with van der Waals surface area (Å²) in [5.74, 6) is 2.16. The Bertz CT molecular complexity index is 700. The van der Waals surface area contributed by atoms with Crippen LogP contribution in [0.15, 0.2) is 0 Å². The van der Waals surface area contributed by atoms with Gasteiger partial charge in [0.15, 0.2) is 11.6 Å². The molecule has 34 heavy (non-hydrogen) atoms. The molecule has 0 saturated carbocycles. The third-order valence-corrected chi connectivity index (χ3v) is 11.2. The van der Waals surface area contributed by atoms with Crippen LogP contribution in [-0.2, 0) is 33.2 Å². The zero-order valence-corrected chi connectivity index (χ0v) is 22.1. The first-order valence-corrected chi connectivity index (χ1v) is 15.7. The van der Waals surface area contributed by atoms with Crippen LogP contribution in [0.3, 0.4) is 0 Å². The van der Waals surface area contributed by atoms with Crippen molar-refractivity contribution in [1.29, 1.82) is 0 Å². The summed E-state index contributed by atoms with van der Waals surface area (Å²) >= 11 is 5.36. The zero-order chi connectivity index (χ0) is 23.6. The average molecular weight is 537 g/mol. The van der Waals surface area contributed by atoms with Crippen LogP contribution >= 0.6 is 35.3 Å². The highest BCUT2D eigenvalue weighted by Crippen LogP contribution is 2.47. The third-order valence-electron chi connectivity index (χ3n) is 7.79. The maximum atomic E-state index is 14.0. The number of carbonyl (C=O) groups excluding carboxylic acids is 1. The molecule has 5 aliphatic heterocycles. The van der Waals surface area contributed by atoms with Crippen LogP contribution < -0.4 is 0 Å². The van der Waals surface area contributed by atoms with Crippen LogP contribution in [0.4, 0.5) is 0 Å². The molecule has 1 N–H and O–H groups in total. The normalized spacial score (nSPS) is 37.3. The second-order valence-electron chi connectivity index (χ2n) is 9.56. The predicted octanol–water partition coefficient (Wildman–Crippen LogP) is 1.88. The van der Waals surface area contributed by atoms with E-state index in [2.05, 4.69) is 0 Å². The van der Waals surface area contributed by atoms with Crippen molar-refractivity contribution in [3.63, 3.8) is 0 Å². The van der Waals surface area contributed by atoms with Gasteiger partial charge in [-0.25, -0.2) is 0 Å². The van der Waals surface area contributed by atoms with Crippen molar-refractivity contribution in [2.75, 3.05) is 74.8 Å². The Balaban J connectivity index is 1.37. The number of methoxy groups -OCH3 is 1. The van der Waals surface area contributed by atoms with Gasteiger partial charge in [-0.15, -0.1) is 0 Å². The number of ether oxygens (including phenoxy) is 6. The smallest absolute Gasteiger partial charge is 0.175 e. The van der Waals surface area contributed by atoms with Crippen LogP contribution in [0.5, 0.6) is 0 Å². The molecule has 0 unspecified atom stereocenters. The quantitative estimate of drug-likeness (QED) is 0.484. The molecule has 5 rings (SSSR count). The second kappa shape index (κ2) is 11.4. The number of hydrogen-bond donors (Lipinski definition) is 1. The monoisotopic (exact) mass is 536 g/mol. The van der Waals surface area contributed by atoms with Crippen molar-refractivity contribution in [2.24, 2.45) is 23.7 Å². The van der Waals surface area contributed by atoms with E-state index in [1.54, 1.807) is 30.6 Å². The highest BCUT2D eigenvalue weighted by Gasteiger charge is 2.56. The maximum absolute atomic E-state index is 14.0. The van der Waals surface area contributed by atoms with Gasteiger partial charge in [0.05, 0.1) is 50.5 Å². The van der Waals surface area contributed by atoms with Gasteiger partial charge in [-0.3, -0.25) is 4.79 Å². The molecule has 2 spiro atoms. The summed E-state index contributed by atoms with van der Waals surface area (Å²) in [5.41, 5.74) is 0. The number of aliphatic hydroxyl groups is 1. The number of ketones is 1. The molecule has 5 fully saturated rings. The fourth-order valence-corrected chi connectivity index (χ4v) is 10.0. The molecule has 11 heteroatoms. The molecule has 0 aromatic rings. The van der Waals surface area contributed by atoms with Gasteiger partial charge >= 0.3 is 0 Å². The minimum absolute atomic E-state index is 0.0693. The number of hydrogen-bond acceptors (Lipinski definition) is 11. The topological polar surface area (TPSA) is 92.7 Å². The summed E-state index contributed by atoms with van der Waals surface area (Å²) in [6.07, 6.45) is 0.318. The summed E-state index contributed by atoms with van der Waals surface area (Å²) in [4.78, 5) is 14.0. The van der Waals surface area contributed by atoms with Gasteiger partial charge in [0.25, 0.3) is 0 Å². The van der Waals surface area contributed by atoms with Gasteiger partial charge in [-0.1, -0.05) is 0 Å². The summed E-state index contributed by atoms with van der Waals surface area (Å²) in [6, 6.07) is 0. The molecule has 5 saturated heterocycles. The lowest BCUT2D eigenvalue weighted by atomic mass is 9.76. The molecule has 0 bridgehead atoms. The van der Waals surface area contributed by atoms with E-state index in [0.29, 0.717) is 37.9 Å². The Kier molecular flexibility index (Phi) is 8.78. The Morgan fingerprint density at radius 2 is 1.44 bits per heavy atom. The fourth-order valence-electron chi connectivity index (χ4n) is 6.06. The summed E-state index contributed by atoms with van der Waals surface area (Å²) in [5, 5.41) is 11.6. The highest BCUT2D eigenvalue weighted by molar-refractivity contribution is 7.99. The molecule has 0 radical (unpaired) electrons. The molecular formula is C23H36O8S3. The van der Waals surface area contributed by atoms with Gasteiger partial charge in [-0.2, -0.15) is 35.3 Å². The van der Waals surface area contributed by atoms with Crippen LogP contribution in [-0.4, -0.2) is 110 Å². The van der Waals surface area contributed by atoms with Crippen LogP contribution in [0.1, 0.15) is 12.8 Å². The van der Waals surface area contributed by atoms with E-state index in [9.17, 15) is 9.90 Å². The van der Waals surface area contributed by atoms with Crippen LogP contribution in [0.2, 0.25) is 0 Å². The lowest BCUT2D eigenvalue weighted by Crippen LogP contribution is -2.58. The summed E-state index contributed by atoms with van der Waals surface area (Å²) in [6.45, 7) is 2.31. The van der Waals surface area contributed by atoms with Crippen molar-refractivity contribution in [3.8, 4) is 0 Å². The van der Waals surface area contributed by atoms with Crippen molar-refractivity contribution in [2.45, 2.75) is 36.6 Å². The van der Waals surface area contributed by atoms with Gasteiger partial charge in [0, 0.05) is 54.8 Å². The number of Topliss-reactive ketones (excluding diaryl/α,β-unsaturated/α-hetero) is 1. The molecule has 8 nitrogen and oxygen atoms in total. The SMILES string of the molecule is COCO[C@@H]([C@@H]1CSC[C@@H]([C@@H](O)[C@@H]2CSCCC23OCCO3)C1=O)[C@@H]1CSCCC12OCCO2. The van der Waals surface area contributed by atoms with E-state index in [-0.39, 0.29) is 30.3 Å². The molecule has 0 aromatic carbocycles. The Hall–Kier alpha value is 0.440. The molecule has 0 amide bonds. The van der Waals surface area contributed by atoms with Gasteiger partial charge in [0.2, 0.25) is 0 Å². The first-order chi connectivity index (χ1) is 16.6. The van der Waals surface area contributed by atoms with Crippen LogP contribution in [0, 0.1) is 23.7 Å². The van der Waals surface area contributed by atoms with Gasteiger partial charge < -0.3 is 33.5 Å². The zero-order valence-electron chi connectivity index (χ0n) is 19.7. The van der Waals surface area contributed by atoms with E-state index < -0.39 is 29.7 Å². The first kappa shape index (κ1) is 26.1. The van der Waals surface area contributed by atoms with Gasteiger partial charge in [-0.05, 0) is 11.5 Å².